The predicted octanol–water partition coefficient (Wildman–Crippen LogP) is 4.50. The van der Waals surface area contributed by atoms with Crippen LogP contribution in [0.4, 0.5) is 13.2 Å². The van der Waals surface area contributed by atoms with Crippen molar-refractivity contribution >= 4 is 0 Å². The van der Waals surface area contributed by atoms with Crippen molar-refractivity contribution in [2.24, 2.45) is 0 Å². The molecule has 1 aromatic heterocycles. The average molecular weight is 358 g/mol. The molecule has 1 unspecified atom stereocenters. The molecule has 0 amide bonds. The van der Waals surface area contributed by atoms with E-state index >= 15 is 0 Å². The highest BCUT2D eigenvalue weighted by molar-refractivity contribution is 5.67. The largest absolute Gasteiger partial charge is 0.486 e. The van der Waals surface area contributed by atoms with Crippen molar-refractivity contribution in [2.75, 3.05) is 0 Å². The van der Waals surface area contributed by atoms with Gasteiger partial charge in [0.2, 0.25) is 0 Å². The normalized spacial score (nSPS) is 12.4. The molecule has 132 valence electrons. The number of nitrogens with one attached hydrogen (secondary N) is 1. The Kier molecular flexibility index (Phi) is 4.63. The van der Waals surface area contributed by atoms with Crippen molar-refractivity contribution < 1.29 is 17.9 Å². The maximum Gasteiger partial charge on any atom is 0.416 e. The predicted molar refractivity (Wildman–Crippen MR) is 87.0 cm³/mol. The van der Waals surface area contributed by atoms with E-state index in [-0.39, 0.29) is 22.7 Å². The summed E-state index contributed by atoms with van der Waals surface area (Å²) in [6, 6.07) is 14.2. The minimum Gasteiger partial charge on any atom is -0.486 e. The summed E-state index contributed by atoms with van der Waals surface area (Å²) in [5, 5.41) is 18.7. The molecule has 26 heavy (non-hydrogen) atoms. The third-order valence-electron chi connectivity index (χ3n) is 3.74. The minimum absolute atomic E-state index is 0.0260. The van der Waals surface area contributed by atoms with Gasteiger partial charge in [0.15, 0.2) is 5.69 Å². The lowest BCUT2D eigenvalue weighted by atomic mass is 10.1. The SMILES string of the molecule is CC(Oc1cc(-c2n[nH]nc2C#N)cc(C(F)(F)F)c1)c1ccccc1. The summed E-state index contributed by atoms with van der Waals surface area (Å²) in [7, 11) is 0. The summed E-state index contributed by atoms with van der Waals surface area (Å²) >= 11 is 0. The van der Waals surface area contributed by atoms with Gasteiger partial charge in [-0.25, -0.2) is 0 Å². The number of aromatic amines is 1. The molecule has 0 radical (unpaired) electrons. The minimum atomic E-state index is -4.57. The smallest absolute Gasteiger partial charge is 0.416 e. The molecule has 0 fully saturated rings. The molecule has 0 aliphatic heterocycles. The zero-order valence-electron chi connectivity index (χ0n) is 13.6. The maximum absolute atomic E-state index is 13.3. The molecule has 1 N–H and O–H groups in total. The van der Waals surface area contributed by atoms with E-state index in [4.69, 9.17) is 10.00 Å². The van der Waals surface area contributed by atoms with Gasteiger partial charge in [-0.05, 0) is 30.7 Å². The summed E-state index contributed by atoms with van der Waals surface area (Å²) < 4.78 is 45.5. The fraction of sp³-hybridized carbons (Fsp3) is 0.167. The van der Waals surface area contributed by atoms with Gasteiger partial charge in [-0.2, -0.15) is 28.7 Å². The van der Waals surface area contributed by atoms with Crippen molar-refractivity contribution in [1.82, 2.24) is 15.4 Å². The number of aromatic nitrogens is 3. The van der Waals surface area contributed by atoms with Crippen LogP contribution in [0, 0.1) is 11.3 Å². The number of benzene rings is 2. The Morgan fingerprint density at radius 1 is 1.12 bits per heavy atom. The van der Waals surface area contributed by atoms with Gasteiger partial charge in [0, 0.05) is 5.56 Å². The first-order valence-electron chi connectivity index (χ1n) is 7.63. The lowest BCUT2D eigenvalue weighted by Gasteiger charge is -2.17. The third-order valence-corrected chi connectivity index (χ3v) is 3.74. The molecule has 0 saturated carbocycles. The molecule has 2 aromatic carbocycles. The highest BCUT2D eigenvalue weighted by Crippen LogP contribution is 2.36. The quantitative estimate of drug-likeness (QED) is 0.745. The molecule has 0 bridgehead atoms. The fourth-order valence-electron chi connectivity index (χ4n) is 2.47. The van der Waals surface area contributed by atoms with E-state index in [0.29, 0.717) is 0 Å². The van der Waals surface area contributed by atoms with Crippen LogP contribution in [0.5, 0.6) is 5.75 Å². The molecule has 8 heteroatoms. The summed E-state index contributed by atoms with van der Waals surface area (Å²) in [5.74, 6) is 0.0260. The van der Waals surface area contributed by atoms with Crippen LogP contribution in [0.2, 0.25) is 0 Å². The van der Waals surface area contributed by atoms with E-state index in [1.807, 2.05) is 30.3 Å². The van der Waals surface area contributed by atoms with Crippen LogP contribution in [-0.2, 0) is 6.18 Å². The zero-order valence-corrected chi connectivity index (χ0v) is 13.6. The first-order chi connectivity index (χ1) is 12.4. The maximum atomic E-state index is 13.3. The number of hydrogen-bond acceptors (Lipinski definition) is 4. The van der Waals surface area contributed by atoms with E-state index in [9.17, 15) is 13.2 Å². The Morgan fingerprint density at radius 3 is 2.50 bits per heavy atom. The van der Waals surface area contributed by atoms with Crippen molar-refractivity contribution in [3.63, 3.8) is 0 Å². The van der Waals surface area contributed by atoms with Crippen LogP contribution in [0.15, 0.2) is 48.5 Å². The molecule has 0 aliphatic carbocycles. The number of nitriles is 1. The van der Waals surface area contributed by atoms with Gasteiger partial charge in [0.25, 0.3) is 0 Å². The van der Waals surface area contributed by atoms with E-state index in [1.54, 1.807) is 13.0 Å². The van der Waals surface area contributed by atoms with Crippen LogP contribution in [0.25, 0.3) is 11.3 Å². The standard InChI is InChI=1S/C18H13F3N4O/c1-11(12-5-3-2-4-6-12)26-15-8-13(7-14(9-15)18(19,20)21)17-16(10-22)23-25-24-17/h2-9,11H,1H3,(H,23,24,25). The van der Waals surface area contributed by atoms with E-state index in [2.05, 4.69) is 15.4 Å². The topological polar surface area (TPSA) is 74.6 Å². The Balaban J connectivity index is 2.02. The molecular formula is C18H13F3N4O. The number of halogens is 3. The number of rotatable bonds is 4. The van der Waals surface area contributed by atoms with Gasteiger partial charge in [-0.3, -0.25) is 0 Å². The average Bonchev–Trinajstić information content (AvgIpc) is 3.10. The molecular weight excluding hydrogens is 345 g/mol. The molecule has 1 heterocycles. The van der Waals surface area contributed by atoms with Crippen molar-refractivity contribution in [3.05, 3.63) is 65.4 Å². The monoisotopic (exact) mass is 358 g/mol. The van der Waals surface area contributed by atoms with Crippen LogP contribution >= 0.6 is 0 Å². The molecule has 3 rings (SSSR count). The Morgan fingerprint density at radius 2 is 1.85 bits per heavy atom. The molecule has 5 nitrogen and oxygen atoms in total. The van der Waals surface area contributed by atoms with Crippen LogP contribution < -0.4 is 4.74 Å². The number of nitrogens with zero attached hydrogens (tertiary/aromatic N) is 3. The molecule has 0 aliphatic rings. The zero-order chi connectivity index (χ0) is 18.7. The summed E-state index contributed by atoms with van der Waals surface area (Å²) in [6.45, 7) is 1.74. The van der Waals surface area contributed by atoms with E-state index in [0.717, 1.165) is 17.7 Å². The Hall–Kier alpha value is -3.34. The van der Waals surface area contributed by atoms with E-state index < -0.39 is 17.8 Å². The molecule has 3 aromatic rings. The van der Waals surface area contributed by atoms with Gasteiger partial charge in [-0.15, -0.1) is 5.10 Å². The van der Waals surface area contributed by atoms with Gasteiger partial charge in [-0.1, -0.05) is 30.3 Å². The van der Waals surface area contributed by atoms with Crippen molar-refractivity contribution in [1.29, 1.82) is 5.26 Å². The summed E-state index contributed by atoms with van der Waals surface area (Å²) in [6.07, 6.45) is -5.03. The molecule has 0 spiro atoms. The van der Waals surface area contributed by atoms with E-state index in [1.165, 1.54) is 6.07 Å². The second kappa shape index (κ2) is 6.88. The third kappa shape index (κ3) is 3.67. The van der Waals surface area contributed by atoms with Crippen LogP contribution in [0.1, 0.15) is 29.8 Å². The Labute approximate surface area is 147 Å². The van der Waals surface area contributed by atoms with Gasteiger partial charge >= 0.3 is 6.18 Å². The first kappa shape index (κ1) is 17.5. The number of alkyl halides is 3. The van der Waals surface area contributed by atoms with Gasteiger partial charge in [0.1, 0.15) is 23.6 Å². The summed E-state index contributed by atoms with van der Waals surface area (Å²) in [5.41, 5.74) is -0.0228. The summed E-state index contributed by atoms with van der Waals surface area (Å²) in [4.78, 5) is 0. The highest BCUT2D eigenvalue weighted by Gasteiger charge is 2.32. The second-order valence-electron chi connectivity index (χ2n) is 5.55. The molecule has 1 atom stereocenters. The Bertz CT molecular complexity index is 945. The van der Waals surface area contributed by atoms with Gasteiger partial charge in [0.05, 0.1) is 5.56 Å². The van der Waals surface area contributed by atoms with Crippen molar-refractivity contribution in [3.8, 4) is 23.1 Å². The second-order valence-corrected chi connectivity index (χ2v) is 5.55. The molecule has 0 saturated heterocycles. The van der Waals surface area contributed by atoms with Crippen LogP contribution in [-0.4, -0.2) is 15.4 Å². The van der Waals surface area contributed by atoms with Gasteiger partial charge < -0.3 is 4.74 Å². The fourth-order valence-corrected chi connectivity index (χ4v) is 2.47. The number of hydrogen-bond donors (Lipinski definition) is 1. The lowest BCUT2D eigenvalue weighted by molar-refractivity contribution is -0.137. The van der Waals surface area contributed by atoms with Crippen LogP contribution in [0.3, 0.4) is 0 Å². The first-order valence-corrected chi connectivity index (χ1v) is 7.63. The van der Waals surface area contributed by atoms with Crippen molar-refractivity contribution in [2.45, 2.75) is 19.2 Å². The number of H-pyrrole nitrogens is 1. The lowest BCUT2D eigenvalue weighted by Crippen LogP contribution is -2.08. The highest BCUT2D eigenvalue weighted by atomic mass is 19.4. The number of ether oxygens (including phenoxy) is 1.